The molecule has 1 aliphatic rings. The minimum atomic E-state index is 0.0497. The molecular weight excluding hydrogens is 462 g/mol. The monoisotopic (exact) mass is 477 g/mol. The first-order valence-corrected chi connectivity index (χ1v) is 9.94. The van der Waals surface area contributed by atoms with Gasteiger partial charge in [-0.15, -0.1) is 10.2 Å². The molecule has 5 nitrogen and oxygen atoms in total. The van der Waals surface area contributed by atoms with Crippen LogP contribution in [0.2, 0.25) is 0 Å². The molecule has 4 rings (SSSR count). The highest BCUT2D eigenvalue weighted by atomic mass is 79.9. The number of hydrogen-bond donors (Lipinski definition) is 0. The molecule has 0 bridgehead atoms. The Morgan fingerprint density at radius 1 is 1.04 bits per heavy atom. The molecule has 1 aromatic heterocycles. The van der Waals surface area contributed by atoms with Crippen molar-refractivity contribution in [3.63, 3.8) is 0 Å². The number of nitrogens with zero attached hydrogens (tertiary/aromatic N) is 3. The van der Waals surface area contributed by atoms with E-state index in [9.17, 15) is 0 Å². The molecule has 0 saturated carbocycles. The van der Waals surface area contributed by atoms with Crippen LogP contribution in [0, 0.1) is 0 Å². The molecule has 2 aromatic carbocycles. The summed E-state index contributed by atoms with van der Waals surface area (Å²) in [5.74, 6) is 1.16. The predicted molar refractivity (Wildman–Crippen MR) is 106 cm³/mol. The number of ether oxygens (including phenoxy) is 1. The van der Waals surface area contributed by atoms with Crippen LogP contribution in [-0.4, -0.2) is 34.8 Å². The van der Waals surface area contributed by atoms with Gasteiger partial charge in [-0.05, 0) is 35.9 Å². The van der Waals surface area contributed by atoms with Gasteiger partial charge < -0.3 is 9.15 Å². The van der Waals surface area contributed by atoms with Crippen LogP contribution < -0.4 is 0 Å². The lowest BCUT2D eigenvalue weighted by atomic mass is 10.1. The molecule has 1 unspecified atom stereocenters. The lowest BCUT2D eigenvalue weighted by Crippen LogP contribution is -2.37. The van der Waals surface area contributed by atoms with Crippen molar-refractivity contribution in [2.45, 2.75) is 12.6 Å². The number of morpholine rings is 1. The summed E-state index contributed by atoms with van der Waals surface area (Å²) in [6.45, 7) is 2.95. The standard InChI is InChI=1S/C19H17Br2N3O2/c20-15-5-1-3-13(9-15)17-11-24(7-8-25-17)12-18-22-23-19(26-18)14-4-2-6-16(21)10-14/h1-6,9-10,17H,7-8,11-12H2. The van der Waals surface area contributed by atoms with Crippen molar-refractivity contribution in [2.24, 2.45) is 0 Å². The summed E-state index contributed by atoms with van der Waals surface area (Å²) < 4.78 is 13.8. The zero-order valence-corrected chi connectivity index (χ0v) is 17.1. The molecule has 7 heteroatoms. The highest BCUT2D eigenvalue weighted by Gasteiger charge is 2.23. The average molecular weight is 479 g/mol. The lowest BCUT2D eigenvalue weighted by Gasteiger charge is -2.32. The minimum absolute atomic E-state index is 0.0497. The highest BCUT2D eigenvalue weighted by molar-refractivity contribution is 9.10. The first-order valence-electron chi connectivity index (χ1n) is 8.35. The molecule has 0 spiro atoms. The van der Waals surface area contributed by atoms with Gasteiger partial charge in [0.05, 0.1) is 19.3 Å². The van der Waals surface area contributed by atoms with Crippen LogP contribution in [0.15, 0.2) is 61.9 Å². The van der Waals surface area contributed by atoms with Gasteiger partial charge in [-0.1, -0.05) is 50.1 Å². The zero-order chi connectivity index (χ0) is 17.9. The third kappa shape index (κ3) is 4.23. The Hall–Kier alpha value is -1.54. The fraction of sp³-hybridized carbons (Fsp3) is 0.263. The number of aromatic nitrogens is 2. The van der Waals surface area contributed by atoms with Crippen molar-refractivity contribution < 1.29 is 9.15 Å². The Labute approximate surface area is 168 Å². The van der Waals surface area contributed by atoms with Gasteiger partial charge in [-0.25, -0.2) is 0 Å². The molecular formula is C19H17Br2N3O2. The zero-order valence-electron chi connectivity index (χ0n) is 13.9. The molecule has 3 aromatic rings. The van der Waals surface area contributed by atoms with E-state index in [-0.39, 0.29) is 6.10 Å². The Morgan fingerprint density at radius 2 is 1.85 bits per heavy atom. The molecule has 0 aliphatic carbocycles. The predicted octanol–water partition coefficient (Wildman–Crippen LogP) is 4.84. The summed E-state index contributed by atoms with van der Waals surface area (Å²) in [6.07, 6.45) is 0.0497. The van der Waals surface area contributed by atoms with E-state index in [1.54, 1.807) is 0 Å². The summed E-state index contributed by atoms with van der Waals surface area (Å²) in [5.41, 5.74) is 2.08. The largest absolute Gasteiger partial charge is 0.419 e. The summed E-state index contributed by atoms with van der Waals surface area (Å²) in [7, 11) is 0. The van der Waals surface area contributed by atoms with E-state index in [0.29, 0.717) is 24.9 Å². The second kappa shape index (κ2) is 8.00. The van der Waals surface area contributed by atoms with Crippen LogP contribution in [0.4, 0.5) is 0 Å². The molecule has 2 heterocycles. The van der Waals surface area contributed by atoms with Gasteiger partial charge in [0, 0.05) is 27.6 Å². The molecule has 1 fully saturated rings. The van der Waals surface area contributed by atoms with E-state index in [1.165, 1.54) is 5.56 Å². The third-order valence-corrected chi connectivity index (χ3v) is 5.25. The number of rotatable bonds is 4. The van der Waals surface area contributed by atoms with E-state index in [1.807, 2.05) is 36.4 Å². The maximum Gasteiger partial charge on any atom is 0.247 e. The fourth-order valence-corrected chi connectivity index (χ4v) is 3.82. The first kappa shape index (κ1) is 17.9. The van der Waals surface area contributed by atoms with E-state index >= 15 is 0 Å². The smallest absolute Gasteiger partial charge is 0.247 e. The number of hydrogen-bond acceptors (Lipinski definition) is 5. The lowest BCUT2D eigenvalue weighted by molar-refractivity contribution is -0.0351. The van der Waals surface area contributed by atoms with Crippen molar-refractivity contribution in [3.05, 3.63) is 68.9 Å². The maximum absolute atomic E-state index is 5.94. The van der Waals surface area contributed by atoms with Crippen molar-refractivity contribution in [1.82, 2.24) is 15.1 Å². The van der Waals surface area contributed by atoms with Gasteiger partial charge in [-0.3, -0.25) is 4.90 Å². The molecule has 1 aliphatic heterocycles. The van der Waals surface area contributed by atoms with E-state index < -0.39 is 0 Å². The van der Waals surface area contributed by atoms with Gasteiger partial charge in [0.2, 0.25) is 11.8 Å². The number of benzene rings is 2. The van der Waals surface area contributed by atoms with Gasteiger partial charge >= 0.3 is 0 Å². The fourth-order valence-electron chi connectivity index (χ4n) is 3.00. The normalized spacial score (nSPS) is 18.2. The second-order valence-electron chi connectivity index (χ2n) is 6.16. The van der Waals surface area contributed by atoms with Crippen LogP contribution in [0.25, 0.3) is 11.5 Å². The quantitative estimate of drug-likeness (QED) is 0.537. The second-order valence-corrected chi connectivity index (χ2v) is 7.99. The summed E-state index contributed by atoms with van der Waals surface area (Å²) in [5, 5.41) is 8.39. The number of halogens is 2. The van der Waals surface area contributed by atoms with E-state index in [4.69, 9.17) is 9.15 Å². The van der Waals surface area contributed by atoms with Crippen LogP contribution in [0.1, 0.15) is 17.6 Å². The van der Waals surface area contributed by atoms with Crippen molar-refractivity contribution in [3.8, 4) is 11.5 Å². The summed E-state index contributed by atoms with van der Waals surface area (Å²) in [4.78, 5) is 2.28. The van der Waals surface area contributed by atoms with Crippen LogP contribution in [0.5, 0.6) is 0 Å². The minimum Gasteiger partial charge on any atom is -0.419 e. The van der Waals surface area contributed by atoms with Crippen LogP contribution in [0.3, 0.4) is 0 Å². The summed E-state index contributed by atoms with van der Waals surface area (Å²) in [6, 6.07) is 16.1. The van der Waals surface area contributed by atoms with Gasteiger partial charge in [0.15, 0.2) is 0 Å². The van der Waals surface area contributed by atoms with E-state index in [0.717, 1.165) is 27.6 Å². The Kier molecular flexibility index (Phi) is 5.49. The molecule has 0 amide bonds. The van der Waals surface area contributed by atoms with Crippen molar-refractivity contribution in [2.75, 3.05) is 19.7 Å². The van der Waals surface area contributed by atoms with Crippen LogP contribution >= 0.6 is 31.9 Å². The topological polar surface area (TPSA) is 51.4 Å². The Bertz CT molecular complexity index is 900. The van der Waals surface area contributed by atoms with E-state index in [2.05, 4.69) is 59.1 Å². The molecule has 1 saturated heterocycles. The van der Waals surface area contributed by atoms with Crippen molar-refractivity contribution >= 4 is 31.9 Å². The van der Waals surface area contributed by atoms with Crippen LogP contribution in [-0.2, 0) is 11.3 Å². The molecule has 1 atom stereocenters. The van der Waals surface area contributed by atoms with Gasteiger partial charge in [0.25, 0.3) is 0 Å². The maximum atomic E-state index is 5.94. The SMILES string of the molecule is Brc1cccc(-c2nnc(CN3CCOC(c4cccc(Br)c4)C3)o2)c1. The highest BCUT2D eigenvalue weighted by Crippen LogP contribution is 2.26. The van der Waals surface area contributed by atoms with Gasteiger partial charge in [0.1, 0.15) is 0 Å². The molecule has 0 radical (unpaired) electrons. The molecule has 134 valence electrons. The van der Waals surface area contributed by atoms with Crippen molar-refractivity contribution in [1.29, 1.82) is 0 Å². The Morgan fingerprint density at radius 3 is 2.65 bits per heavy atom. The molecule has 26 heavy (non-hydrogen) atoms. The molecule has 0 N–H and O–H groups in total. The third-order valence-electron chi connectivity index (χ3n) is 4.27. The first-order chi connectivity index (χ1) is 12.7. The Balaban J connectivity index is 1.44. The summed E-state index contributed by atoms with van der Waals surface area (Å²) >= 11 is 6.99. The average Bonchev–Trinajstić information content (AvgIpc) is 3.10. The van der Waals surface area contributed by atoms with Gasteiger partial charge in [-0.2, -0.15) is 0 Å².